The number of amidine groups is 1. The maximum Gasteiger partial charge on any atom is 0.263 e. The van der Waals surface area contributed by atoms with Crippen molar-refractivity contribution in [2.75, 3.05) is 31.1 Å². The fraction of sp³-hybridized carbons (Fsp3) is 0.400. The number of hydrogen-bond acceptors (Lipinski definition) is 6. The molecule has 4 rings (SSSR count). The van der Waals surface area contributed by atoms with E-state index in [4.69, 9.17) is 0 Å². The number of fused-ring (bicyclic) bond motifs is 1. The van der Waals surface area contributed by atoms with E-state index in [2.05, 4.69) is 14.6 Å². The van der Waals surface area contributed by atoms with Crippen LogP contribution in [0.4, 0.5) is 5.69 Å². The normalized spacial score (nSPS) is 19.9. The van der Waals surface area contributed by atoms with Crippen molar-refractivity contribution in [1.82, 2.24) is 9.62 Å². The molecule has 34 heavy (non-hydrogen) atoms. The van der Waals surface area contributed by atoms with Crippen molar-refractivity contribution in [3.05, 3.63) is 59.7 Å². The van der Waals surface area contributed by atoms with E-state index < -0.39 is 16.1 Å². The van der Waals surface area contributed by atoms with Crippen LogP contribution in [-0.4, -0.2) is 63.1 Å². The number of sulfonamides is 1. The van der Waals surface area contributed by atoms with Crippen LogP contribution in [0, 0.1) is 5.92 Å². The van der Waals surface area contributed by atoms with Crippen LogP contribution in [0.2, 0.25) is 0 Å². The fourth-order valence-electron chi connectivity index (χ4n) is 4.30. The average molecular weight is 483 g/mol. The number of carbonyl (C=O) groups excluding carboxylic acids is 2. The molecule has 180 valence electrons. The van der Waals surface area contributed by atoms with Crippen LogP contribution in [0.15, 0.2) is 58.4 Å². The molecule has 2 aliphatic heterocycles. The number of rotatable bonds is 6. The molecule has 1 amide bonds. The average Bonchev–Trinajstić information content (AvgIpc) is 3.11. The number of nitrogens with zero attached hydrogens (tertiary/aromatic N) is 3. The first-order valence-corrected chi connectivity index (χ1v) is 13.0. The van der Waals surface area contributed by atoms with Gasteiger partial charge in [-0.2, -0.15) is 0 Å². The Bertz CT molecular complexity index is 1220. The van der Waals surface area contributed by atoms with E-state index in [-0.39, 0.29) is 28.3 Å². The van der Waals surface area contributed by atoms with Crippen LogP contribution in [0.25, 0.3) is 0 Å². The molecule has 1 saturated heterocycles. The second kappa shape index (κ2) is 9.58. The minimum atomic E-state index is -3.66. The Morgan fingerprint density at radius 1 is 1.03 bits per heavy atom. The zero-order valence-corrected chi connectivity index (χ0v) is 20.5. The monoisotopic (exact) mass is 482 g/mol. The molecule has 0 saturated carbocycles. The minimum absolute atomic E-state index is 0.0341. The highest BCUT2D eigenvalue weighted by Gasteiger charge is 2.35. The summed E-state index contributed by atoms with van der Waals surface area (Å²) >= 11 is 0. The Hall–Kier alpha value is -3.20. The Labute approximate surface area is 200 Å². The lowest BCUT2D eigenvalue weighted by atomic mass is 9.97. The number of anilines is 1. The summed E-state index contributed by atoms with van der Waals surface area (Å²) in [6.45, 7) is 7.95. The predicted molar refractivity (Wildman–Crippen MR) is 132 cm³/mol. The molecule has 2 heterocycles. The molecule has 1 fully saturated rings. The number of nitrogens with one attached hydrogen (secondary N) is 1. The highest BCUT2D eigenvalue weighted by molar-refractivity contribution is 7.90. The van der Waals surface area contributed by atoms with Gasteiger partial charge in [0.1, 0.15) is 11.9 Å². The molecule has 0 aromatic heterocycles. The first-order valence-electron chi connectivity index (χ1n) is 11.6. The van der Waals surface area contributed by atoms with Gasteiger partial charge in [0.25, 0.3) is 10.0 Å². The number of amides is 1. The van der Waals surface area contributed by atoms with Crippen molar-refractivity contribution >= 4 is 33.2 Å². The van der Waals surface area contributed by atoms with Crippen LogP contribution in [0.1, 0.15) is 43.1 Å². The zero-order valence-electron chi connectivity index (χ0n) is 19.7. The fourth-order valence-corrected chi connectivity index (χ4v) is 5.54. The molecule has 1 N–H and O–H groups in total. The van der Waals surface area contributed by atoms with Crippen molar-refractivity contribution in [2.24, 2.45) is 10.9 Å². The Morgan fingerprint density at radius 2 is 1.68 bits per heavy atom. The van der Waals surface area contributed by atoms with Gasteiger partial charge in [-0.3, -0.25) is 19.3 Å². The first kappa shape index (κ1) is 23.9. The van der Waals surface area contributed by atoms with Crippen molar-refractivity contribution < 1.29 is 18.0 Å². The quantitative estimate of drug-likeness (QED) is 0.639. The SMILES string of the molecule is CCC(C)C(N=C1NS(=O)(=O)c2ccccc21)C(=O)N1CCN(c2ccc(C(C)=O)cc2)CC1. The Kier molecular flexibility index (Phi) is 6.74. The zero-order chi connectivity index (χ0) is 24.5. The molecule has 0 radical (unpaired) electrons. The number of aliphatic imine (C=N–C) groups is 1. The molecular weight excluding hydrogens is 452 g/mol. The number of Topliss-reactive ketones (excluding diaryl/α,β-unsaturated/α-hetero) is 1. The van der Waals surface area contributed by atoms with Gasteiger partial charge in [0.2, 0.25) is 5.91 Å². The number of carbonyl (C=O) groups is 2. The van der Waals surface area contributed by atoms with Gasteiger partial charge in [0, 0.05) is 43.0 Å². The topological polar surface area (TPSA) is 99.1 Å². The summed E-state index contributed by atoms with van der Waals surface area (Å²) in [7, 11) is -3.66. The molecule has 8 nitrogen and oxygen atoms in total. The summed E-state index contributed by atoms with van der Waals surface area (Å²) in [5.74, 6) is 0.136. The summed E-state index contributed by atoms with van der Waals surface area (Å²) in [5.41, 5.74) is 2.20. The van der Waals surface area contributed by atoms with Crippen molar-refractivity contribution in [3.8, 4) is 0 Å². The van der Waals surface area contributed by atoms with Gasteiger partial charge in [0.05, 0.1) is 4.90 Å². The molecule has 2 aromatic rings. The van der Waals surface area contributed by atoms with E-state index in [1.165, 1.54) is 0 Å². The van der Waals surface area contributed by atoms with Gasteiger partial charge in [-0.05, 0) is 49.2 Å². The van der Waals surface area contributed by atoms with Gasteiger partial charge in [-0.1, -0.05) is 32.4 Å². The third-order valence-electron chi connectivity index (χ3n) is 6.60. The summed E-state index contributed by atoms with van der Waals surface area (Å²) in [4.78, 5) is 33.9. The van der Waals surface area contributed by atoms with E-state index in [0.29, 0.717) is 37.3 Å². The van der Waals surface area contributed by atoms with Gasteiger partial charge in [-0.25, -0.2) is 8.42 Å². The lowest BCUT2D eigenvalue weighted by Crippen LogP contribution is -2.52. The van der Waals surface area contributed by atoms with Crippen LogP contribution in [0.5, 0.6) is 0 Å². The minimum Gasteiger partial charge on any atom is -0.368 e. The maximum atomic E-state index is 13.5. The summed E-state index contributed by atoms with van der Waals surface area (Å²) in [6, 6.07) is 13.5. The largest absolute Gasteiger partial charge is 0.368 e. The highest BCUT2D eigenvalue weighted by Crippen LogP contribution is 2.25. The molecule has 2 aromatic carbocycles. The second-order valence-corrected chi connectivity index (χ2v) is 10.5. The van der Waals surface area contributed by atoms with Gasteiger partial charge in [-0.15, -0.1) is 0 Å². The van der Waals surface area contributed by atoms with E-state index in [1.54, 1.807) is 31.2 Å². The van der Waals surface area contributed by atoms with E-state index in [0.717, 1.165) is 12.1 Å². The van der Waals surface area contributed by atoms with Crippen molar-refractivity contribution in [2.45, 2.75) is 38.1 Å². The van der Waals surface area contributed by atoms with Crippen LogP contribution in [-0.2, 0) is 14.8 Å². The summed E-state index contributed by atoms with van der Waals surface area (Å²) in [6.07, 6.45) is 0.740. The van der Waals surface area contributed by atoms with Gasteiger partial charge in [0.15, 0.2) is 5.78 Å². The van der Waals surface area contributed by atoms with E-state index >= 15 is 0 Å². The second-order valence-electron chi connectivity index (χ2n) is 8.83. The van der Waals surface area contributed by atoms with Crippen LogP contribution in [0.3, 0.4) is 0 Å². The number of benzene rings is 2. The van der Waals surface area contributed by atoms with E-state index in [9.17, 15) is 18.0 Å². The molecule has 2 atom stereocenters. The maximum absolute atomic E-state index is 13.5. The Morgan fingerprint density at radius 3 is 2.29 bits per heavy atom. The smallest absolute Gasteiger partial charge is 0.263 e. The molecule has 0 bridgehead atoms. The number of ketones is 1. The lowest BCUT2D eigenvalue weighted by Gasteiger charge is -2.37. The molecule has 9 heteroatoms. The lowest BCUT2D eigenvalue weighted by molar-refractivity contribution is -0.133. The highest BCUT2D eigenvalue weighted by atomic mass is 32.2. The van der Waals surface area contributed by atoms with Crippen molar-refractivity contribution in [3.63, 3.8) is 0 Å². The number of piperazine rings is 1. The molecular formula is C25H30N4O4S. The molecule has 2 unspecified atom stereocenters. The summed E-state index contributed by atoms with van der Waals surface area (Å²) < 4.78 is 27.5. The van der Waals surface area contributed by atoms with Gasteiger partial charge < -0.3 is 9.80 Å². The Balaban J connectivity index is 1.50. The van der Waals surface area contributed by atoms with Crippen LogP contribution < -0.4 is 9.62 Å². The third-order valence-corrected chi connectivity index (χ3v) is 7.99. The molecule has 2 aliphatic rings. The first-order chi connectivity index (χ1) is 16.2. The van der Waals surface area contributed by atoms with Gasteiger partial charge >= 0.3 is 0 Å². The standard InChI is InChI=1S/C25H30N4O4S/c1-4-17(2)23(26-24-21-7-5-6-8-22(21)34(32,33)27-24)25(31)29-15-13-28(14-16-29)20-11-9-19(10-12-20)18(3)30/h5-12,17,23H,4,13-16H2,1-3H3,(H,26,27). The number of hydrogen-bond donors (Lipinski definition) is 1. The molecule has 0 aliphatic carbocycles. The van der Waals surface area contributed by atoms with Crippen molar-refractivity contribution in [1.29, 1.82) is 0 Å². The third kappa shape index (κ3) is 4.70. The molecule has 0 spiro atoms. The summed E-state index contributed by atoms with van der Waals surface area (Å²) in [5, 5.41) is 0. The van der Waals surface area contributed by atoms with Crippen LogP contribution >= 0.6 is 0 Å². The predicted octanol–water partition coefficient (Wildman–Crippen LogP) is 2.69. The van der Waals surface area contributed by atoms with E-state index in [1.807, 2.05) is 43.0 Å².